The number of pyridine rings is 1. The van der Waals surface area contributed by atoms with Gasteiger partial charge in [0.05, 0.1) is 6.54 Å². The van der Waals surface area contributed by atoms with E-state index < -0.39 is 29.5 Å². The predicted octanol–water partition coefficient (Wildman–Crippen LogP) is 4.07. The summed E-state index contributed by atoms with van der Waals surface area (Å²) in [6.07, 6.45) is -8.00. The second-order valence-corrected chi connectivity index (χ2v) is 5.02. The number of alkyl halides is 6. The molecular formula is C12H9F6N3OS. The molecule has 0 atom stereocenters. The maximum atomic E-state index is 12.7. The fraction of sp³-hybridized carbons (Fsp3) is 0.333. The first-order valence-corrected chi connectivity index (χ1v) is 6.97. The van der Waals surface area contributed by atoms with E-state index in [1.807, 2.05) is 0 Å². The molecule has 0 aliphatic rings. The highest BCUT2D eigenvalue weighted by atomic mass is 32.1. The second-order valence-electron chi connectivity index (χ2n) is 4.16. The molecule has 0 aliphatic carbocycles. The Kier molecular flexibility index (Phi) is 4.97. The van der Waals surface area contributed by atoms with Crippen LogP contribution in [0.5, 0.6) is 5.88 Å². The van der Waals surface area contributed by atoms with Crippen LogP contribution in [0.3, 0.4) is 0 Å². The largest absolute Gasteiger partial charge is 0.475 e. The van der Waals surface area contributed by atoms with Gasteiger partial charge in [-0.15, -0.1) is 11.3 Å². The van der Waals surface area contributed by atoms with E-state index >= 15 is 0 Å². The highest BCUT2D eigenvalue weighted by Crippen LogP contribution is 2.34. The van der Waals surface area contributed by atoms with Crippen molar-refractivity contribution < 1.29 is 31.1 Å². The Morgan fingerprint density at radius 3 is 2.48 bits per heavy atom. The van der Waals surface area contributed by atoms with Crippen LogP contribution >= 0.6 is 11.3 Å². The molecule has 1 N–H and O–H groups in total. The highest BCUT2D eigenvalue weighted by Gasteiger charge is 2.35. The number of thiazole rings is 1. The van der Waals surface area contributed by atoms with E-state index in [1.165, 1.54) is 0 Å². The van der Waals surface area contributed by atoms with E-state index in [2.05, 4.69) is 15.3 Å². The van der Waals surface area contributed by atoms with Gasteiger partial charge in [0, 0.05) is 11.6 Å². The molecule has 0 aromatic carbocycles. The number of hydrogen-bond donors (Lipinski definition) is 1. The number of rotatable bonds is 5. The Bertz CT molecular complexity index is 655. The van der Waals surface area contributed by atoms with Crippen LogP contribution in [-0.4, -0.2) is 23.1 Å². The third-order valence-corrected chi connectivity index (χ3v) is 3.29. The Balaban J connectivity index is 1.88. The molecule has 126 valence electrons. The number of ether oxygens (including phenoxy) is 1. The summed E-state index contributed by atoms with van der Waals surface area (Å²) in [6, 6.07) is 1.95. The fourth-order valence-electron chi connectivity index (χ4n) is 1.51. The van der Waals surface area contributed by atoms with Gasteiger partial charge < -0.3 is 10.1 Å². The first-order valence-electron chi connectivity index (χ1n) is 6.09. The first-order chi connectivity index (χ1) is 10.7. The van der Waals surface area contributed by atoms with E-state index in [1.54, 1.807) is 0 Å². The SMILES string of the molecule is FC(F)(F)c1csc(NCCOc2ncccc2C(F)(F)F)n1. The molecule has 0 aliphatic heterocycles. The summed E-state index contributed by atoms with van der Waals surface area (Å²) < 4.78 is 80.0. The van der Waals surface area contributed by atoms with Crippen LogP contribution in [0.1, 0.15) is 11.3 Å². The summed E-state index contributed by atoms with van der Waals surface area (Å²) >= 11 is 0.737. The molecule has 0 spiro atoms. The van der Waals surface area contributed by atoms with Crippen molar-refractivity contribution in [2.45, 2.75) is 12.4 Å². The quantitative estimate of drug-likeness (QED) is 0.647. The minimum atomic E-state index is -4.60. The van der Waals surface area contributed by atoms with E-state index in [4.69, 9.17) is 4.74 Å². The molecule has 4 nitrogen and oxygen atoms in total. The fourth-order valence-corrected chi connectivity index (χ4v) is 2.26. The van der Waals surface area contributed by atoms with Gasteiger partial charge in [0.1, 0.15) is 12.2 Å². The average Bonchev–Trinajstić information content (AvgIpc) is 2.92. The van der Waals surface area contributed by atoms with Gasteiger partial charge in [0.2, 0.25) is 5.88 Å². The molecule has 23 heavy (non-hydrogen) atoms. The minimum absolute atomic E-state index is 0.00186. The van der Waals surface area contributed by atoms with Gasteiger partial charge in [-0.05, 0) is 12.1 Å². The van der Waals surface area contributed by atoms with Gasteiger partial charge in [-0.25, -0.2) is 9.97 Å². The molecule has 0 radical (unpaired) electrons. The molecule has 2 heterocycles. The van der Waals surface area contributed by atoms with Crippen LogP contribution in [0.4, 0.5) is 31.5 Å². The van der Waals surface area contributed by atoms with E-state index in [0.29, 0.717) is 0 Å². The van der Waals surface area contributed by atoms with E-state index in [0.717, 1.165) is 35.0 Å². The average molecular weight is 357 g/mol. The third kappa shape index (κ3) is 4.71. The summed E-state index contributed by atoms with van der Waals surface area (Å²) in [6.45, 7) is -0.250. The van der Waals surface area contributed by atoms with E-state index in [9.17, 15) is 26.3 Å². The Labute approximate surface area is 130 Å². The maximum Gasteiger partial charge on any atom is 0.434 e. The molecule has 0 bridgehead atoms. The van der Waals surface area contributed by atoms with Gasteiger partial charge in [0.15, 0.2) is 10.8 Å². The number of halogens is 6. The Morgan fingerprint density at radius 2 is 1.87 bits per heavy atom. The monoisotopic (exact) mass is 357 g/mol. The van der Waals surface area contributed by atoms with Crippen molar-refractivity contribution >= 4 is 16.5 Å². The van der Waals surface area contributed by atoms with E-state index in [-0.39, 0.29) is 18.3 Å². The number of hydrogen-bond acceptors (Lipinski definition) is 5. The number of anilines is 1. The molecule has 11 heteroatoms. The first kappa shape index (κ1) is 17.3. The molecule has 0 fully saturated rings. The Morgan fingerprint density at radius 1 is 1.13 bits per heavy atom. The smallest absolute Gasteiger partial charge is 0.434 e. The summed E-state index contributed by atoms with van der Waals surface area (Å²) in [5, 5.41) is 3.37. The zero-order valence-corrected chi connectivity index (χ0v) is 12.0. The van der Waals surface area contributed by atoms with Crippen LogP contribution < -0.4 is 10.1 Å². The van der Waals surface area contributed by atoms with Crippen LogP contribution in [0.25, 0.3) is 0 Å². The second kappa shape index (κ2) is 6.60. The lowest BCUT2D eigenvalue weighted by Crippen LogP contribution is -2.15. The van der Waals surface area contributed by atoms with Crippen LogP contribution in [-0.2, 0) is 12.4 Å². The third-order valence-electron chi connectivity index (χ3n) is 2.49. The topological polar surface area (TPSA) is 47.0 Å². The maximum absolute atomic E-state index is 12.7. The lowest BCUT2D eigenvalue weighted by molar-refractivity contribution is -0.141. The minimum Gasteiger partial charge on any atom is -0.475 e. The van der Waals surface area contributed by atoms with Crippen molar-refractivity contribution in [3.8, 4) is 5.88 Å². The van der Waals surface area contributed by atoms with Gasteiger partial charge in [-0.3, -0.25) is 0 Å². The molecule has 0 saturated carbocycles. The van der Waals surface area contributed by atoms with Gasteiger partial charge in [-0.1, -0.05) is 0 Å². The van der Waals surface area contributed by atoms with Crippen molar-refractivity contribution in [1.82, 2.24) is 9.97 Å². The summed E-state index contributed by atoms with van der Waals surface area (Å²) in [5.41, 5.74) is -2.05. The molecule has 2 aromatic heterocycles. The van der Waals surface area contributed by atoms with Gasteiger partial charge >= 0.3 is 12.4 Å². The van der Waals surface area contributed by atoms with Crippen molar-refractivity contribution in [2.75, 3.05) is 18.5 Å². The zero-order valence-electron chi connectivity index (χ0n) is 11.2. The lowest BCUT2D eigenvalue weighted by Gasteiger charge is -2.12. The molecular weight excluding hydrogens is 348 g/mol. The molecule has 2 rings (SSSR count). The van der Waals surface area contributed by atoms with Crippen molar-refractivity contribution in [1.29, 1.82) is 0 Å². The van der Waals surface area contributed by atoms with Crippen LogP contribution in [0.15, 0.2) is 23.7 Å². The van der Waals surface area contributed by atoms with Gasteiger partial charge in [-0.2, -0.15) is 26.3 Å². The molecule has 2 aromatic rings. The summed E-state index contributed by atoms with van der Waals surface area (Å²) in [4.78, 5) is 6.81. The van der Waals surface area contributed by atoms with Gasteiger partial charge in [0.25, 0.3) is 0 Å². The highest BCUT2D eigenvalue weighted by molar-refractivity contribution is 7.13. The van der Waals surface area contributed by atoms with Crippen molar-refractivity contribution in [2.24, 2.45) is 0 Å². The normalized spacial score (nSPS) is 12.3. The molecule has 0 unspecified atom stereocenters. The summed E-state index contributed by atoms with van der Waals surface area (Å²) in [5.74, 6) is -0.586. The summed E-state index contributed by atoms with van der Waals surface area (Å²) in [7, 11) is 0. The number of nitrogens with one attached hydrogen (secondary N) is 1. The standard InChI is InChI=1S/C12H9F6N3OS/c13-11(14,15)7-2-1-3-19-9(7)22-5-4-20-10-21-8(6-23-10)12(16,17)18/h1-3,6H,4-5H2,(H,20,21). The van der Waals surface area contributed by atoms with Crippen LogP contribution in [0, 0.1) is 0 Å². The van der Waals surface area contributed by atoms with Crippen molar-refractivity contribution in [3.63, 3.8) is 0 Å². The molecule has 0 amide bonds. The number of aromatic nitrogens is 2. The lowest BCUT2D eigenvalue weighted by atomic mass is 10.2. The molecule has 0 saturated heterocycles. The Hall–Kier alpha value is -2.04. The zero-order chi connectivity index (χ0) is 17.1. The van der Waals surface area contributed by atoms with Crippen molar-refractivity contribution in [3.05, 3.63) is 35.0 Å². The van der Waals surface area contributed by atoms with Crippen LogP contribution in [0.2, 0.25) is 0 Å². The predicted molar refractivity (Wildman–Crippen MR) is 70.3 cm³/mol. The number of nitrogens with zero attached hydrogens (tertiary/aromatic N) is 2.